The van der Waals surface area contributed by atoms with Gasteiger partial charge in [0.15, 0.2) is 0 Å². The average Bonchev–Trinajstić information content (AvgIpc) is 2.74. The van der Waals surface area contributed by atoms with E-state index in [0.29, 0.717) is 37.4 Å². The van der Waals surface area contributed by atoms with Crippen LogP contribution in [0.15, 0.2) is 42.5 Å². The van der Waals surface area contributed by atoms with Gasteiger partial charge in [-0.15, -0.1) is 0 Å². The molecule has 3 atom stereocenters. The normalized spacial score (nSPS) is 21.4. The molecular weight excluding hydrogens is 404 g/mol. The van der Waals surface area contributed by atoms with Crippen LogP contribution in [0.2, 0.25) is 5.02 Å². The van der Waals surface area contributed by atoms with Gasteiger partial charge in [0, 0.05) is 24.4 Å². The molecule has 3 unspecified atom stereocenters. The summed E-state index contributed by atoms with van der Waals surface area (Å²) in [6.45, 7) is 3.34. The van der Waals surface area contributed by atoms with Gasteiger partial charge in [-0.1, -0.05) is 35.9 Å². The largest absolute Gasteiger partial charge is 0.494 e. The van der Waals surface area contributed by atoms with Crippen molar-refractivity contribution in [3.05, 3.63) is 64.2 Å². The third-order valence-corrected chi connectivity index (χ3v) is 5.46. The van der Waals surface area contributed by atoms with Crippen LogP contribution in [0.3, 0.4) is 0 Å². The summed E-state index contributed by atoms with van der Waals surface area (Å²) in [7, 11) is 0. The van der Waals surface area contributed by atoms with Crippen LogP contribution in [0.4, 0.5) is 0 Å². The minimum atomic E-state index is -0.438. The van der Waals surface area contributed by atoms with Crippen molar-refractivity contribution in [2.75, 3.05) is 19.7 Å². The minimum absolute atomic E-state index is 0.150. The van der Waals surface area contributed by atoms with Crippen LogP contribution in [0.25, 0.3) is 0 Å². The van der Waals surface area contributed by atoms with E-state index in [9.17, 15) is 9.90 Å². The molecule has 1 fully saturated rings. The lowest BCUT2D eigenvalue weighted by Crippen LogP contribution is -2.43. The van der Waals surface area contributed by atoms with Crippen LogP contribution in [0, 0.1) is 0 Å². The van der Waals surface area contributed by atoms with E-state index >= 15 is 0 Å². The number of aliphatic hydroxyl groups is 1. The highest BCUT2D eigenvalue weighted by atomic mass is 35.5. The predicted octanol–water partition coefficient (Wildman–Crippen LogP) is 3.20. The molecule has 0 aromatic heterocycles. The number of hydrogen-bond acceptors (Lipinski definition) is 6. The lowest BCUT2D eigenvalue weighted by molar-refractivity contribution is -0.108. The maximum atomic E-state index is 10.4. The summed E-state index contributed by atoms with van der Waals surface area (Å²) >= 11 is 6.46. The number of nitrogens with one attached hydrogen (secondary N) is 2. The van der Waals surface area contributed by atoms with Gasteiger partial charge in [-0.05, 0) is 48.2 Å². The Morgan fingerprint density at radius 2 is 2.00 bits per heavy atom. The topological polar surface area (TPSA) is 79.8 Å². The van der Waals surface area contributed by atoms with Gasteiger partial charge in [0.05, 0.1) is 31.5 Å². The van der Waals surface area contributed by atoms with E-state index in [-0.39, 0.29) is 18.8 Å². The molecule has 2 aromatic rings. The highest BCUT2D eigenvalue weighted by Crippen LogP contribution is 2.33. The molecule has 0 bridgehead atoms. The fourth-order valence-corrected chi connectivity index (χ4v) is 3.84. The molecule has 1 saturated heterocycles. The number of carbonyl (C=O) groups is 1. The lowest BCUT2D eigenvalue weighted by Gasteiger charge is -2.34. The highest BCUT2D eigenvalue weighted by Gasteiger charge is 2.29. The molecule has 2 aromatic carbocycles. The number of benzene rings is 2. The van der Waals surface area contributed by atoms with Crippen molar-refractivity contribution < 1.29 is 19.4 Å². The Hall–Kier alpha value is -1.96. The van der Waals surface area contributed by atoms with E-state index in [4.69, 9.17) is 21.1 Å². The number of aliphatic hydroxyl groups excluding tert-OH is 1. The second kappa shape index (κ2) is 11.4. The summed E-state index contributed by atoms with van der Waals surface area (Å²) in [5, 5.41) is 11.0. The second-order valence-corrected chi connectivity index (χ2v) is 7.81. The van der Waals surface area contributed by atoms with Gasteiger partial charge in [0.25, 0.3) is 0 Å². The molecule has 0 saturated carbocycles. The fourth-order valence-electron chi connectivity index (χ4n) is 3.66. The summed E-state index contributed by atoms with van der Waals surface area (Å²) in [6, 6.07) is 13.9. The Kier molecular flexibility index (Phi) is 8.66. The molecule has 3 rings (SSSR count). The number of rotatable bonds is 10. The van der Waals surface area contributed by atoms with Gasteiger partial charge in [-0.3, -0.25) is 10.9 Å². The first-order chi connectivity index (χ1) is 14.6. The molecule has 0 spiro atoms. The molecular formula is C23H29ClN2O4. The summed E-state index contributed by atoms with van der Waals surface area (Å²) in [5.74, 6) is 0.855. The van der Waals surface area contributed by atoms with Crippen LogP contribution in [-0.2, 0) is 16.0 Å². The molecule has 0 radical (unpaired) electrons. The van der Waals surface area contributed by atoms with Crippen LogP contribution in [0.5, 0.6) is 5.75 Å². The van der Waals surface area contributed by atoms with Crippen LogP contribution in [-0.4, -0.2) is 43.3 Å². The summed E-state index contributed by atoms with van der Waals surface area (Å²) in [4.78, 5) is 10.4. The molecule has 1 heterocycles. The molecule has 6 nitrogen and oxygen atoms in total. The van der Waals surface area contributed by atoms with Crippen molar-refractivity contribution >= 4 is 17.9 Å². The third kappa shape index (κ3) is 6.52. The molecule has 0 amide bonds. The number of carbonyl (C=O) groups excluding carboxylic acids is 1. The van der Waals surface area contributed by atoms with Gasteiger partial charge in [0.2, 0.25) is 0 Å². The highest BCUT2D eigenvalue weighted by molar-refractivity contribution is 6.31. The molecule has 1 aliphatic heterocycles. The van der Waals surface area contributed by atoms with E-state index in [0.717, 1.165) is 28.7 Å². The minimum Gasteiger partial charge on any atom is -0.494 e. The molecule has 7 heteroatoms. The quantitative estimate of drug-likeness (QED) is 0.304. The van der Waals surface area contributed by atoms with E-state index < -0.39 is 6.10 Å². The van der Waals surface area contributed by atoms with Crippen molar-refractivity contribution in [2.24, 2.45) is 0 Å². The zero-order valence-corrected chi connectivity index (χ0v) is 17.9. The Bertz CT molecular complexity index is 815. The zero-order valence-electron chi connectivity index (χ0n) is 17.1. The zero-order chi connectivity index (χ0) is 21.3. The van der Waals surface area contributed by atoms with Crippen molar-refractivity contribution in [1.82, 2.24) is 10.9 Å². The fraction of sp³-hybridized carbons (Fsp3) is 0.435. The van der Waals surface area contributed by atoms with Crippen LogP contribution < -0.4 is 15.6 Å². The summed E-state index contributed by atoms with van der Waals surface area (Å²) in [5.41, 5.74) is 8.93. The van der Waals surface area contributed by atoms with Crippen LogP contribution >= 0.6 is 11.6 Å². The first-order valence-electron chi connectivity index (χ1n) is 10.3. The van der Waals surface area contributed by atoms with Crippen molar-refractivity contribution in [1.29, 1.82) is 0 Å². The van der Waals surface area contributed by atoms with Crippen molar-refractivity contribution in [3.63, 3.8) is 0 Å². The first kappa shape index (κ1) is 22.7. The van der Waals surface area contributed by atoms with E-state index in [1.165, 1.54) is 0 Å². The molecule has 162 valence electrons. The maximum absolute atomic E-state index is 10.4. The van der Waals surface area contributed by atoms with Crippen LogP contribution in [0.1, 0.15) is 42.6 Å². The number of aldehydes is 1. The Labute approximate surface area is 182 Å². The van der Waals surface area contributed by atoms with Gasteiger partial charge in [-0.25, -0.2) is 0 Å². The van der Waals surface area contributed by atoms with E-state index in [2.05, 4.69) is 16.9 Å². The Morgan fingerprint density at radius 1 is 1.20 bits per heavy atom. The van der Waals surface area contributed by atoms with E-state index in [1.54, 1.807) is 0 Å². The second-order valence-electron chi connectivity index (χ2n) is 7.41. The standard InChI is InChI=1S/C23H29ClN2O4/c1-2-29-20-6-3-16(4-7-20)11-18-12-17(5-8-22(18)24)23-14-19(28)13-21(30-23)15-26-25-9-10-27/h3-8,10,12,19,21,23,25-26,28H,2,9,11,13-15H2,1H3. The Morgan fingerprint density at radius 3 is 2.73 bits per heavy atom. The smallest absolute Gasteiger partial charge is 0.135 e. The third-order valence-electron chi connectivity index (χ3n) is 5.09. The number of hydrazine groups is 1. The summed E-state index contributed by atoms with van der Waals surface area (Å²) < 4.78 is 11.7. The molecule has 1 aliphatic rings. The number of halogens is 1. The SMILES string of the molecule is CCOc1ccc(Cc2cc(C3CC(O)CC(CNNCC=O)O3)ccc2Cl)cc1. The Balaban J connectivity index is 1.67. The van der Waals surface area contributed by atoms with E-state index in [1.807, 2.05) is 43.3 Å². The lowest BCUT2D eigenvalue weighted by atomic mass is 9.94. The monoisotopic (exact) mass is 432 g/mol. The average molecular weight is 433 g/mol. The molecule has 0 aliphatic carbocycles. The van der Waals surface area contributed by atoms with Crippen molar-refractivity contribution in [3.8, 4) is 5.75 Å². The van der Waals surface area contributed by atoms with Crippen molar-refractivity contribution in [2.45, 2.75) is 44.5 Å². The maximum Gasteiger partial charge on any atom is 0.135 e. The predicted molar refractivity (Wildman–Crippen MR) is 117 cm³/mol. The molecule has 30 heavy (non-hydrogen) atoms. The summed E-state index contributed by atoms with van der Waals surface area (Å²) in [6.07, 6.45) is 1.79. The number of hydrogen-bond donors (Lipinski definition) is 3. The van der Waals surface area contributed by atoms with Gasteiger partial charge >= 0.3 is 0 Å². The van der Waals surface area contributed by atoms with Gasteiger partial charge in [0.1, 0.15) is 12.0 Å². The first-order valence-corrected chi connectivity index (χ1v) is 10.7. The molecule has 3 N–H and O–H groups in total. The van der Waals surface area contributed by atoms with Gasteiger partial charge < -0.3 is 19.4 Å². The number of ether oxygens (including phenoxy) is 2. The van der Waals surface area contributed by atoms with Gasteiger partial charge in [-0.2, -0.15) is 0 Å².